The van der Waals surface area contributed by atoms with E-state index in [4.69, 9.17) is 10.5 Å². The Morgan fingerprint density at radius 3 is 2.71 bits per heavy atom. The fourth-order valence-corrected chi connectivity index (χ4v) is 1.25. The first-order valence-electron chi connectivity index (χ1n) is 5.17. The van der Waals surface area contributed by atoms with Crippen molar-refractivity contribution < 1.29 is 4.74 Å². The van der Waals surface area contributed by atoms with Crippen LogP contribution in [-0.2, 0) is 4.74 Å². The minimum atomic E-state index is -0.290. The molecule has 1 unspecified atom stereocenters. The smallest absolute Gasteiger partial charge is 0.131 e. The maximum absolute atomic E-state index is 5.84. The Morgan fingerprint density at radius 2 is 2.07 bits per heavy atom. The van der Waals surface area contributed by atoms with E-state index in [1.807, 2.05) is 24.3 Å². The van der Waals surface area contributed by atoms with Gasteiger partial charge in [0.1, 0.15) is 6.23 Å². The third-order valence-electron chi connectivity index (χ3n) is 2.12. The van der Waals surface area contributed by atoms with E-state index >= 15 is 0 Å². The number of rotatable bonds is 6. The summed E-state index contributed by atoms with van der Waals surface area (Å²) in [6.07, 6.45) is 3.21. The summed E-state index contributed by atoms with van der Waals surface area (Å²) in [5.41, 5.74) is 6.86. The molecule has 2 N–H and O–H groups in total. The van der Waals surface area contributed by atoms with Gasteiger partial charge in [0, 0.05) is 6.61 Å². The normalized spacial score (nSPS) is 12.7. The lowest BCUT2D eigenvalue weighted by Crippen LogP contribution is -2.14. The highest BCUT2D eigenvalue weighted by molar-refractivity contribution is 5.15. The van der Waals surface area contributed by atoms with Gasteiger partial charge in [-0.05, 0) is 18.1 Å². The predicted molar refractivity (Wildman–Crippen MR) is 57.7 cm³/mol. The van der Waals surface area contributed by atoms with E-state index in [1.54, 1.807) is 0 Å². The third-order valence-corrected chi connectivity index (χ3v) is 2.12. The van der Waals surface area contributed by atoms with E-state index in [9.17, 15) is 0 Å². The number of nitrogens with two attached hydrogens (primary N) is 1. The van der Waals surface area contributed by atoms with Crippen molar-refractivity contribution in [2.75, 3.05) is 6.61 Å². The van der Waals surface area contributed by atoms with Gasteiger partial charge in [0.2, 0.25) is 0 Å². The summed E-state index contributed by atoms with van der Waals surface area (Å²) in [5, 5.41) is 0. The van der Waals surface area contributed by atoms with Crippen LogP contribution in [0.25, 0.3) is 0 Å². The van der Waals surface area contributed by atoms with Crippen molar-refractivity contribution in [2.24, 2.45) is 5.73 Å². The molecule has 1 radical (unpaired) electrons. The Kier molecular flexibility index (Phi) is 5.27. The first-order chi connectivity index (χ1) is 6.84. The SMILES string of the molecule is CCCCCOC(N)c1cc[c]cc1. The van der Waals surface area contributed by atoms with Crippen LogP contribution in [0, 0.1) is 6.07 Å². The molecule has 0 aromatic heterocycles. The summed E-state index contributed by atoms with van der Waals surface area (Å²) < 4.78 is 5.49. The van der Waals surface area contributed by atoms with Crippen LogP contribution in [-0.4, -0.2) is 6.61 Å². The van der Waals surface area contributed by atoms with Crippen LogP contribution >= 0.6 is 0 Å². The molecular weight excluding hydrogens is 174 g/mol. The van der Waals surface area contributed by atoms with E-state index in [2.05, 4.69) is 13.0 Å². The van der Waals surface area contributed by atoms with Gasteiger partial charge in [0.05, 0.1) is 0 Å². The molecule has 0 saturated heterocycles. The highest BCUT2D eigenvalue weighted by atomic mass is 16.5. The van der Waals surface area contributed by atoms with Crippen molar-refractivity contribution in [3.05, 3.63) is 35.9 Å². The van der Waals surface area contributed by atoms with Gasteiger partial charge in [-0.2, -0.15) is 0 Å². The molecule has 2 nitrogen and oxygen atoms in total. The molecule has 1 rings (SSSR count). The molecule has 2 heteroatoms. The quantitative estimate of drug-likeness (QED) is 0.555. The summed E-state index contributed by atoms with van der Waals surface area (Å²) in [6, 6.07) is 10.5. The molecule has 0 fully saturated rings. The van der Waals surface area contributed by atoms with Gasteiger partial charge in [-0.1, -0.05) is 44.0 Å². The van der Waals surface area contributed by atoms with Gasteiger partial charge in [-0.3, -0.25) is 0 Å². The molecule has 0 spiro atoms. The highest BCUT2D eigenvalue weighted by Crippen LogP contribution is 2.11. The first kappa shape index (κ1) is 11.2. The lowest BCUT2D eigenvalue weighted by atomic mass is 10.2. The van der Waals surface area contributed by atoms with Gasteiger partial charge in [0.15, 0.2) is 0 Å². The topological polar surface area (TPSA) is 35.2 Å². The fourth-order valence-electron chi connectivity index (χ4n) is 1.25. The molecule has 0 aliphatic rings. The molecular formula is C12H18NO. The average Bonchev–Trinajstić information content (AvgIpc) is 2.25. The number of unbranched alkanes of at least 4 members (excludes halogenated alkanes) is 2. The number of benzene rings is 1. The molecule has 0 heterocycles. The lowest BCUT2D eigenvalue weighted by molar-refractivity contribution is 0.0546. The molecule has 0 bridgehead atoms. The van der Waals surface area contributed by atoms with Gasteiger partial charge < -0.3 is 10.5 Å². The zero-order chi connectivity index (χ0) is 10.2. The molecule has 77 valence electrons. The molecule has 14 heavy (non-hydrogen) atoms. The summed E-state index contributed by atoms with van der Waals surface area (Å²) in [6.45, 7) is 2.92. The summed E-state index contributed by atoms with van der Waals surface area (Å²) in [5.74, 6) is 0. The van der Waals surface area contributed by atoms with Crippen LogP contribution in [0.1, 0.15) is 38.0 Å². The predicted octanol–water partition coefficient (Wildman–Crippen LogP) is 2.65. The fraction of sp³-hybridized carbons (Fsp3) is 0.500. The van der Waals surface area contributed by atoms with Gasteiger partial charge in [-0.25, -0.2) is 0 Å². The van der Waals surface area contributed by atoms with Gasteiger partial charge in [-0.15, -0.1) is 0 Å². The zero-order valence-corrected chi connectivity index (χ0v) is 8.70. The Labute approximate surface area is 86.1 Å². The molecule has 1 aromatic rings. The second kappa shape index (κ2) is 6.57. The van der Waals surface area contributed by atoms with Crippen molar-refractivity contribution in [1.82, 2.24) is 0 Å². The molecule has 1 atom stereocenters. The zero-order valence-electron chi connectivity index (χ0n) is 8.70. The minimum absolute atomic E-state index is 0.290. The first-order valence-corrected chi connectivity index (χ1v) is 5.17. The van der Waals surface area contributed by atoms with Crippen LogP contribution in [0.5, 0.6) is 0 Å². The molecule has 0 amide bonds. The Hall–Kier alpha value is -0.860. The molecule has 0 aliphatic carbocycles. The van der Waals surface area contributed by atoms with Crippen molar-refractivity contribution in [2.45, 2.75) is 32.4 Å². The monoisotopic (exact) mass is 192 g/mol. The Balaban J connectivity index is 2.25. The van der Waals surface area contributed by atoms with Crippen LogP contribution in [0.2, 0.25) is 0 Å². The summed E-state index contributed by atoms with van der Waals surface area (Å²) in [4.78, 5) is 0. The van der Waals surface area contributed by atoms with E-state index in [0.717, 1.165) is 18.6 Å². The Morgan fingerprint density at radius 1 is 1.36 bits per heavy atom. The summed E-state index contributed by atoms with van der Waals surface area (Å²) in [7, 11) is 0. The molecule has 1 aromatic carbocycles. The van der Waals surface area contributed by atoms with Crippen LogP contribution in [0.15, 0.2) is 24.3 Å². The van der Waals surface area contributed by atoms with Crippen LogP contribution in [0.3, 0.4) is 0 Å². The van der Waals surface area contributed by atoms with Crippen molar-refractivity contribution in [1.29, 1.82) is 0 Å². The summed E-state index contributed by atoms with van der Waals surface area (Å²) >= 11 is 0. The lowest BCUT2D eigenvalue weighted by Gasteiger charge is -2.12. The standard InChI is InChI=1S/C12H18NO/c1-2-3-7-10-14-12(13)11-8-5-4-6-9-11/h5-6,8-9,12H,2-3,7,10,13H2,1H3. The largest absolute Gasteiger partial charge is 0.359 e. The second-order valence-electron chi connectivity index (χ2n) is 3.33. The number of hydrogen-bond donors (Lipinski definition) is 1. The highest BCUT2D eigenvalue weighted by Gasteiger charge is 2.03. The number of hydrogen-bond acceptors (Lipinski definition) is 2. The van der Waals surface area contributed by atoms with Gasteiger partial charge in [0.25, 0.3) is 0 Å². The van der Waals surface area contributed by atoms with Crippen molar-refractivity contribution in [3.8, 4) is 0 Å². The second-order valence-corrected chi connectivity index (χ2v) is 3.33. The van der Waals surface area contributed by atoms with E-state index in [0.29, 0.717) is 0 Å². The van der Waals surface area contributed by atoms with E-state index in [-0.39, 0.29) is 6.23 Å². The van der Waals surface area contributed by atoms with E-state index < -0.39 is 0 Å². The molecule has 0 saturated carbocycles. The maximum atomic E-state index is 5.84. The Bertz CT molecular complexity index is 235. The molecule has 0 aliphatic heterocycles. The number of ether oxygens (including phenoxy) is 1. The van der Waals surface area contributed by atoms with Crippen LogP contribution in [0.4, 0.5) is 0 Å². The minimum Gasteiger partial charge on any atom is -0.359 e. The van der Waals surface area contributed by atoms with E-state index in [1.165, 1.54) is 12.8 Å². The van der Waals surface area contributed by atoms with Crippen LogP contribution < -0.4 is 5.73 Å². The third kappa shape index (κ3) is 3.90. The average molecular weight is 192 g/mol. The maximum Gasteiger partial charge on any atom is 0.131 e. The van der Waals surface area contributed by atoms with Crippen molar-refractivity contribution in [3.63, 3.8) is 0 Å². The van der Waals surface area contributed by atoms with Crippen molar-refractivity contribution >= 4 is 0 Å². The van der Waals surface area contributed by atoms with Gasteiger partial charge >= 0.3 is 0 Å².